The zero-order chi connectivity index (χ0) is 29.6. The van der Waals surface area contributed by atoms with E-state index in [0.717, 1.165) is 35.3 Å². The van der Waals surface area contributed by atoms with Gasteiger partial charge in [0.1, 0.15) is 18.0 Å². The molecule has 2 aliphatic heterocycles. The average molecular weight is 576 g/mol. The minimum atomic E-state index is -0.720. The second kappa shape index (κ2) is 13.0. The van der Waals surface area contributed by atoms with Crippen LogP contribution in [0.2, 0.25) is 0 Å². The van der Waals surface area contributed by atoms with Gasteiger partial charge in [0, 0.05) is 37.0 Å². The number of carbonyl (C=O) groups excluding carboxylic acids is 2. The number of ketones is 1. The summed E-state index contributed by atoms with van der Waals surface area (Å²) in [4.78, 5) is 35.1. The van der Waals surface area contributed by atoms with Crippen LogP contribution in [0.1, 0.15) is 43.9 Å². The molecule has 0 spiro atoms. The van der Waals surface area contributed by atoms with Gasteiger partial charge in [0.05, 0.1) is 19.8 Å². The summed E-state index contributed by atoms with van der Waals surface area (Å²) in [5, 5.41) is 11.8. The fourth-order valence-electron chi connectivity index (χ4n) is 5.52. The number of pyridine rings is 1. The van der Waals surface area contributed by atoms with Crippen LogP contribution in [0.15, 0.2) is 103 Å². The first kappa shape index (κ1) is 28.3. The molecule has 4 aromatic rings. The molecule has 218 valence electrons. The minimum absolute atomic E-state index is 0.0363. The minimum Gasteiger partial charge on any atom is -0.505 e. The summed E-state index contributed by atoms with van der Waals surface area (Å²) in [6.07, 6.45) is 1.46. The molecule has 1 saturated heterocycles. The van der Waals surface area contributed by atoms with Gasteiger partial charge in [-0.3, -0.25) is 19.6 Å². The molecule has 2 aliphatic rings. The quantitative estimate of drug-likeness (QED) is 0.221. The largest absolute Gasteiger partial charge is 0.505 e. The van der Waals surface area contributed by atoms with Crippen LogP contribution in [0, 0.1) is 0 Å². The fraction of sp³-hybridized carbons (Fsp3) is 0.229. The Balaban J connectivity index is 1.39. The van der Waals surface area contributed by atoms with Crippen molar-refractivity contribution in [3.05, 3.63) is 142 Å². The number of aromatic nitrogens is 1. The molecule has 8 nitrogen and oxygen atoms in total. The van der Waals surface area contributed by atoms with Crippen LogP contribution in [-0.2, 0) is 35.6 Å². The molecular formula is C35H33N3O5. The summed E-state index contributed by atoms with van der Waals surface area (Å²) in [5.74, 6) is -0.810. The summed E-state index contributed by atoms with van der Waals surface area (Å²) < 4.78 is 11.1. The van der Waals surface area contributed by atoms with Crippen LogP contribution in [0.25, 0.3) is 5.76 Å². The summed E-state index contributed by atoms with van der Waals surface area (Å²) in [6, 6.07) is 28.8. The lowest BCUT2D eigenvalue weighted by molar-refractivity contribution is 0.0342. The van der Waals surface area contributed by atoms with Gasteiger partial charge < -0.3 is 14.6 Å². The van der Waals surface area contributed by atoms with Crippen LogP contribution >= 0.6 is 0 Å². The summed E-state index contributed by atoms with van der Waals surface area (Å²) in [7, 11) is 0. The zero-order valence-corrected chi connectivity index (χ0v) is 23.8. The topological polar surface area (TPSA) is 92.2 Å². The SMILES string of the molecule is O=C1C(=C(O)c2cc(Cc3ccccc3)cc(CN3CCOCC3)c2)N(C(=O)OCc2ccccc2)Cc2cccnc21. The predicted molar refractivity (Wildman–Crippen MR) is 162 cm³/mol. The third kappa shape index (κ3) is 6.66. The molecule has 8 heteroatoms. The lowest BCUT2D eigenvalue weighted by Gasteiger charge is -2.30. The molecule has 0 unspecified atom stereocenters. The molecule has 0 aliphatic carbocycles. The number of rotatable bonds is 7. The van der Waals surface area contributed by atoms with E-state index in [1.807, 2.05) is 60.7 Å². The Morgan fingerprint density at radius 1 is 0.860 bits per heavy atom. The van der Waals surface area contributed by atoms with E-state index in [2.05, 4.69) is 28.1 Å². The van der Waals surface area contributed by atoms with Gasteiger partial charge in [0.2, 0.25) is 5.78 Å². The van der Waals surface area contributed by atoms with Crippen molar-refractivity contribution in [3.8, 4) is 0 Å². The monoisotopic (exact) mass is 575 g/mol. The van der Waals surface area contributed by atoms with Gasteiger partial charge in [0.25, 0.3) is 0 Å². The number of carbonyl (C=O) groups is 2. The number of hydrogen-bond acceptors (Lipinski definition) is 7. The molecule has 0 saturated carbocycles. The van der Waals surface area contributed by atoms with Gasteiger partial charge in [-0.15, -0.1) is 0 Å². The Morgan fingerprint density at radius 3 is 2.30 bits per heavy atom. The molecule has 0 radical (unpaired) electrons. The number of fused-ring (bicyclic) bond motifs is 1. The van der Waals surface area contributed by atoms with Gasteiger partial charge in [-0.1, -0.05) is 72.8 Å². The van der Waals surface area contributed by atoms with E-state index in [-0.39, 0.29) is 30.3 Å². The maximum absolute atomic E-state index is 13.8. The highest BCUT2D eigenvalue weighted by Gasteiger charge is 2.37. The Morgan fingerprint density at radius 2 is 1.56 bits per heavy atom. The predicted octanol–water partition coefficient (Wildman–Crippen LogP) is 5.77. The van der Waals surface area contributed by atoms with Gasteiger partial charge in [-0.05, 0) is 46.9 Å². The van der Waals surface area contributed by atoms with Gasteiger partial charge in [-0.25, -0.2) is 4.79 Å². The first-order valence-electron chi connectivity index (χ1n) is 14.4. The molecule has 3 heterocycles. The highest BCUT2D eigenvalue weighted by Crippen LogP contribution is 2.31. The number of nitrogens with zero attached hydrogens (tertiary/aromatic N) is 3. The molecule has 43 heavy (non-hydrogen) atoms. The van der Waals surface area contributed by atoms with Crippen LogP contribution in [-0.4, -0.2) is 58.1 Å². The molecule has 1 aromatic heterocycles. The molecule has 1 N–H and O–H groups in total. The maximum atomic E-state index is 13.8. The highest BCUT2D eigenvalue weighted by molar-refractivity contribution is 6.14. The lowest BCUT2D eigenvalue weighted by Crippen LogP contribution is -2.39. The third-order valence-electron chi connectivity index (χ3n) is 7.66. The van der Waals surface area contributed by atoms with Crippen molar-refractivity contribution in [1.82, 2.24) is 14.8 Å². The van der Waals surface area contributed by atoms with E-state index in [9.17, 15) is 14.7 Å². The molecule has 1 amide bonds. The van der Waals surface area contributed by atoms with Crippen molar-refractivity contribution in [2.75, 3.05) is 26.3 Å². The second-order valence-corrected chi connectivity index (χ2v) is 10.8. The van der Waals surface area contributed by atoms with E-state index in [4.69, 9.17) is 9.47 Å². The van der Waals surface area contributed by atoms with Crippen molar-refractivity contribution in [3.63, 3.8) is 0 Å². The third-order valence-corrected chi connectivity index (χ3v) is 7.66. The Hall–Kier alpha value is -4.79. The fourth-order valence-corrected chi connectivity index (χ4v) is 5.52. The van der Waals surface area contributed by atoms with Crippen LogP contribution in [0.4, 0.5) is 4.79 Å². The van der Waals surface area contributed by atoms with Crippen molar-refractivity contribution in [1.29, 1.82) is 0 Å². The first-order valence-corrected chi connectivity index (χ1v) is 14.4. The Labute approximate surface area is 250 Å². The number of amides is 1. The molecule has 6 rings (SSSR count). The number of aliphatic hydroxyl groups is 1. The van der Waals surface area contributed by atoms with E-state index < -0.39 is 11.9 Å². The summed E-state index contributed by atoms with van der Waals surface area (Å²) >= 11 is 0. The van der Waals surface area contributed by atoms with E-state index in [1.165, 1.54) is 11.1 Å². The summed E-state index contributed by atoms with van der Waals surface area (Å²) in [5.41, 5.74) is 5.05. The molecule has 0 atom stereocenters. The van der Waals surface area contributed by atoms with Crippen LogP contribution < -0.4 is 0 Å². The van der Waals surface area contributed by atoms with Crippen LogP contribution in [0.3, 0.4) is 0 Å². The number of hydrogen-bond donors (Lipinski definition) is 1. The Kier molecular flexibility index (Phi) is 8.58. The van der Waals surface area contributed by atoms with Crippen molar-refractivity contribution in [2.24, 2.45) is 0 Å². The first-order chi connectivity index (χ1) is 21.0. The van der Waals surface area contributed by atoms with Crippen LogP contribution in [0.5, 0.6) is 0 Å². The van der Waals surface area contributed by atoms with Crippen molar-refractivity contribution < 1.29 is 24.2 Å². The highest BCUT2D eigenvalue weighted by atomic mass is 16.6. The van der Waals surface area contributed by atoms with Crippen molar-refractivity contribution in [2.45, 2.75) is 26.1 Å². The maximum Gasteiger partial charge on any atom is 0.415 e. The van der Waals surface area contributed by atoms with E-state index in [0.29, 0.717) is 37.3 Å². The molecule has 3 aromatic carbocycles. The number of benzene rings is 3. The number of morpholine rings is 1. The van der Waals surface area contributed by atoms with Gasteiger partial charge in [-0.2, -0.15) is 0 Å². The lowest BCUT2D eigenvalue weighted by atomic mass is 9.95. The number of Topliss-reactive ketones (excluding diaryl/α,β-unsaturated/α-hetero) is 1. The van der Waals surface area contributed by atoms with E-state index >= 15 is 0 Å². The number of aliphatic hydroxyl groups excluding tert-OH is 1. The number of allylic oxidation sites excluding steroid dienone is 1. The Bertz CT molecular complexity index is 1630. The number of ether oxygens (including phenoxy) is 2. The van der Waals surface area contributed by atoms with Gasteiger partial charge >= 0.3 is 6.09 Å². The molecule has 1 fully saturated rings. The molecular weight excluding hydrogens is 542 g/mol. The van der Waals surface area contributed by atoms with Gasteiger partial charge in [0.15, 0.2) is 5.76 Å². The summed E-state index contributed by atoms with van der Waals surface area (Å²) in [6.45, 7) is 3.73. The molecule has 0 bridgehead atoms. The smallest absolute Gasteiger partial charge is 0.415 e. The normalized spacial score (nSPS) is 16.5. The van der Waals surface area contributed by atoms with E-state index in [1.54, 1.807) is 12.1 Å². The standard InChI is InChI=1S/C35H33N3O5/c39-33(30-20-27(18-25-8-3-1-4-9-25)19-28(21-30)22-37-14-16-42-17-15-37)32-34(40)31-29(12-7-13-36-31)23-38(32)35(41)43-24-26-10-5-2-6-11-26/h1-13,19-21,39H,14-18,22-24H2. The second-order valence-electron chi connectivity index (χ2n) is 10.8. The van der Waals surface area contributed by atoms with Crippen molar-refractivity contribution >= 4 is 17.6 Å². The zero-order valence-electron chi connectivity index (χ0n) is 23.8. The average Bonchev–Trinajstić information content (AvgIpc) is 3.04.